The van der Waals surface area contributed by atoms with E-state index in [9.17, 15) is 19.7 Å². The van der Waals surface area contributed by atoms with E-state index in [4.69, 9.17) is 12.2 Å². The van der Waals surface area contributed by atoms with Crippen LogP contribution in [0.1, 0.15) is 31.2 Å². The Morgan fingerprint density at radius 1 is 1.26 bits per heavy atom. The van der Waals surface area contributed by atoms with Crippen LogP contribution in [-0.2, 0) is 16.0 Å². The van der Waals surface area contributed by atoms with Crippen molar-refractivity contribution in [2.75, 3.05) is 11.4 Å². The first-order valence-electron chi connectivity index (χ1n) is 9.16. The van der Waals surface area contributed by atoms with Crippen molar-refractivity contribution in [3.8, 4) is 0 Å². The lowest BCUT2D eigenvalue weighted by molar-refractivity contribution is -0.384. The average molecular weight is 386 g/mol. The highest BCUT2D eigenvalue weighted by atomic mass is 32.1. The van der Waals surface area contributed by atoms with E-state index in [1.807, 2.05) is 0 Å². The number of fused-ring (bicyclic) bond motifs is 4. The van der Waals surface area contributed by atoms with Gasteiger partial charge in [0.1, 0.15) is 0 Å². The number of amides is 2. The predicted molar refractivity (Wildman–Crippen MR) is 100 cm³/mol. The van der Waals surface area contributed by atoms with Gasteiger partial charge < -0.3 is 10.2 Å². The van der Waals surface area contributed by atoms with Crippen molar-refractivity contribution in [3.05, 3.63) is 33.9 Å². The number of nitro benzene ring substituents is 1. The molecule has 2 saturated heterocycles. The number of nitro groups is 1. The standard InChI is InChI=1S/C18H18N4O4S/c23-15-18(16(24)21(11-3-4-11)17(27)19-15)9-10-8-12(22(25)26)5-6-13(10)20-7-1-2-14(18)20/h5-6,8,11,14H,1-4,7,9H2,(H,19,23,27). The summed E-state index contributed by atoms with van der Waals surface area (Å²) in [5.74, 6) is -0.615. The van der Waals surface area contributed by atoms with Crippen molar-refractivity contribution in [2.45, 2.75) is 44.2 Å². The molecular weight excluding hydrogens is 368 g/mol. The molecule has 1 aromatic carbocycles. The summed E-state index contributed by atoms with van der Waals surface area (Å²) in [5.41, 5.74) is 0.263. The van der Waals surface area contributed by atoms with Crippen LogP contribution < -0.4 is 10.2 Å². The Morgan fingerprint density at radius 2 is 2.04 bits per heavy atom. The number of nitrogens with one attached hydrogen (secondary N) is 1. The van der Waals surface area contributed by atoms with E-state index in [1.54, 1.807) is 11.0 Å². The number of nitrogens with zero attached hydrogens (tertiary/aromatic N) is 3. The summed E-state index contributed by atoms with van der Waals surface area (Å²) in [7, 11) is 0. The SMILES string of the molecule is O=C1NC(=S)N(C2CC2)C(=O)C12Cc1cc([N+](=O)[O-])ccc1N1CCCC12. The molecule has 0 radical (unpaired) electrons. The molecule has 3 aliphatic heterocycles. The van der Waals surface area contributed by atoms with Crippen LogP contribution in [0, 0.1) is 15.5 Å². The molecule has 3 fully saturated rings. The highest BCUT2D eigenvalue weighted by molar-refractivity contribution is 7.80. The third kappa shape index (κ3) is 2.17. The largest absolute Gasteiger partial charge is 0.367 e. The van der Waals surface area contributed by atoms with Crippen LogP contribution in [0.3, 0.4) is 0 Å². The van der Waals surface area contributed by atoms with Crippen molar-refractivity contribution in [2.24, 2.45) is 5.41 Å². The summed E-state index contributed by atoms with van der Waals surface area (Å²) in [4.78, 5) is 41.2. The van der Waals surface area contributed by atoms with Crippen molar-refractivity contribution < 1.29 is 14.5 Å². The second-order valence-corrected chi connectivity index (χ2v) is 8.12. The van der Waals surface area contributed by atoms with Gasteiger partial charge in [0, 0.05) is 36.8 Å². The van der Waals surface area contributed by atoms with Gasteiger partial charge >= 0.3 is 0 Å². The van der Waals surface area contributed by atoms with Gasteiger partial charge in [0.2, 0.25) is 11.8 Å². The molecule has 4 aliphatic rings. The molecule has 1 N–H and O–H groups in total. The van der Waals surface area contributed by atoms with Gasteiger partial charge in [0.15, 0.2) is 10.5 Å². The summed E-state index contributed by atoms with van der Waals surface area (Å²) in [6.45, 7) is 0.728. The number of benzene rings is 1. The average Bonchev–Trinajstić information content (AvgIpc) is 3.33. The van der Waals surface area contributed by atoms with Crippen LogP contribution >= 0.6 is 12.2 Å². The number of hydrogen-bond donors (Lipinski definition) is 1. The molecule has 27 heavy (non-hydrogen) atoms. The number of carbonyl (C=O) groups excluding carboxylic acids is 2. The van der Waals surface area contributed by atoms with E-state index in [1.165, 1.54) is 12.1 Å². The minimum atomic E-state index is -1.27. The second-order valence-electron chi connectivity index (χ2n) is 7.74. The van der Waals surface area contributed by atoms with Crippen molar-refractivity contribution >= 4 is 40.5 Å². The maximum atomic E-state index is 13.6. The first-order chi connectivity index (χ1) is 12.9. The molecule has 1 aromatic rings. The highest BCUT2D eigenvalue weighted by Crippen LogP contribution is 2.50. The fourth-order valence-corrected chi connectivity index (χ4v) is 5.20. The Balaban J connectivity index is 1.66. The van der Waals surface area contributed by atoms with Gasteiger partial charge in [0.25, 0.3) is 5.69 Å². The van der Waals surface area contributed by atoms with Gasteiger partial charge in [-0.3, -0.25) is 24.6 Å². The van der Waals surface area contributed by atoms with E-state index in [-0.39, 0.29) is 41.1 Å². The van der Waals surface area contributed by atoms with Crippen LogP contribution in [-0.4, -0.2) is 45.4 Å². The summed E-state index contributed by atoms with van der Waals surface area (Å²) in [6.07, 6.45) is 3.54. The van der Waals surface area contributed by atoms with E-state index in [0.29, 0.717) is 5.56 Å². The molecule has 8 nitrogen and oxygen atoms in total. The topological polar surface area (TPSA) is 95.8 Å². The van der Waals surface area contributed by atoms with E-state index in [0.717, 1.165) is 37.9 Å². The number of hydrogen-bond acceptors (Lipinski definition) is 6. The van der Waals surface area contributed by atoms with Crippen LogP contribution in [0.15, 0.2) is 18.2 Å². The quantitative estimate of drug-likeness (QED) is 0.358. The molecule has 1 aliphatic carbocycles. The van der Waals surface area contributed by atoms with E-state index < -0.39 is 10.3 Å². The Hall–Kier alpha value is -2.55. The fraction of sp³-hybridized carbons (Fsp3) is 0.500. The van der Waals surface area contributed by atoms with Crippen LogP contribution in [0.2, 0.25) is 0 Å². The van der Waals surface area contributed by atoms with Crippen LogP contribution in [0.5, 0.6) is 0 Å². The Morgan fingerprint density at radius 3 is 2.74 bits per heavy atom. The van der Waals surface area contributed by atoms with Gasteiger partial charge in [-0.2, -0.15) is 0 Å². The Labute approximate surface area is 160 Å². The molecule has 1 saturated carbocycles. The highest BCUT2D eigenvalue weighted by Gasteiger charge is 2.63. The molecular formula is C18H18N4O4S. The van der Waals surface area contributed by atoms with Gasteiger partial charge in [-0.1, -0.05) is 0 Å². The summed E-state index contributed by atoms with van der Waals surface area (Å²) in [5, 5.41) is 14.2. The van der Waals surface area contributed by atoms with Gasteiger partial charge in [-0.25, -0.2) is 0 Å². The smallest absolute Gasteiger partial charge is 0.269 e. The minimum absolute atomic E-state index is 0.0280. The minimum Gasteiger partial charge on any atom is -0.367 e. The number of thiocarbonyl (C=S) groups is 1. The lowest BCUT2D eigenvalue weighted by atomic mass is 9.68. The summed E-state index contributed by atoms with van der Waals surface area (Å²) < 4.78 is 0. The van der Waals surface area contributed by atoms with E-state index in [2.05, 4.69) is 10.2 Å². The molecule has 3 heterocycles. The zero-order valence-electron chi connectivity index (χ0n) is 14.5. The zero-order valence-corrected chi connectivity index (χ0v) is 15.3. The first kappa shape index (κ1) is 16.6. The maximum absolute atomic E-state index is 13.6. The molecule has 2 atom stereocenters. The predicted octanol–water partition coefficient (Wildman–Crippen LogP) is 1.51. The molecule has 2 unspecified atom stereocenters. The second kappa shape index (κ2) is 5.48. The van der Waals surface area contributed by atoms with Gasteiger partial charge in [-0.15, -0.1) is 0 Å². The summed E-state index contributed by atoms with van der Waals surface area (Å²) in [6, 6.07) is 4.54. The maximum Gasteiger partial charge on any atom is 0.269 e. The third-order valence-corrected chi connectivity index (χ3v) is 6.53. The van der Waals surface area contributed by atoms with E-state index >= 15 is 0 Å². The zero-order chi connectivity index (χ0) is 18.9. The van der Waals surface area contributed by atoms with Crippen molar-refractivity contribution in [1.29, 1.82) is 0 Å². The molecule has 0 aromatic heterocycles. The number of anilines is 1. The van der Waals surface area contributed by atoms with Gasteiger partial charge in [0.05, 0.1) is 11.0 Å². The monoisotopic (exact) mass is 386 g/mol. The lowest BCUT2D eigenvalue weighted by Crippen LogP contribution is -2.71. The fourth-order valence-electron chi connectivity index (χ4n) is 4.88. The molecule has 2 amide bonds. The van der Waals surface area contributed by atoms with Crippen molar-refractivity contribution in [1.82, 2.24) is 10.2 Å². The van der Waals surface area contributed by atoms with Crippen molar-refractivity contribution in [3.63, 3.8) is 0 Å². The molecule has 0 bridgehead atoms. The lowest BCUT2D eigenvalue weighted by Gasteiger charge is -2.50. The first-order valence-corrected chi connectivity index (χ1v) is 9.57. The van der Waals surface area contributed by atoms with Crippen LogP contribution in [0.4, 0.5) is 11.4 Å². The number of rotatable bonds is 2. The molecule has 9 heteroatoms. The van der Waals surface area contributed by atoms with Gasteiger partial charge in [-0.05, 0) is 49.5 Å². The van der Waals surface area contributed by atoms with Crippen LogP contribution in [0.25, 0.3) is 0 Å². The number of non-ortho nitro benzene ring substituents is 1. The Kier molecular flexibility index (Phi) is 3.37. The molecule has 1 spiro atoms. The molecule has 140 valence electrons. The number of carbonyl (C=O) groups is 2. The Bertz CT molecular complexity index is 915. The summed E-state index contributed by atoms with van der Waals surface area (Å²) >= 11 is 5.27. The molecule has 5 rings (SSSR count). The normalized spacial score (nSPS) is 29.6. The third-order valence-electron chi connectivity index (χ3n) is 6.23.